The van der Waals surface area contributed by atoms with Gasteiger partial charge < -0.3 is 19.5 Å². The van der Waals surface area contributed by atoms with Gasteiger partial charge in [-0.1, -0.05) is 18.2 Å². The lowest BCUT2D eigenvalue weighted by atomic mass is 10.2. The first kappa shape index (κ1) is 15.0. The first-order valence-corrected chi connectivity index (χ1v) is 6.32. The summed E-state index contributed by atoms with van der Waals surface area (Å²) >= 11 is 0. The second-order valence-electron chi connectivity index (χ2n) is 4.55. The maximum Gasteiger partial charge on any atom is 0.338 e. The van der Waals surface area contributed by atoms with Crippen LogP contribution in [0.4, 0.5) is 0 Å². The number of carbonyl (C=O) groups excluding carboxylic acids is 3. The molecule has 1 N–H and O–H groups in total. The average molecular weight is 293 g/mol. The van der Waals surface area contributed by atoms with E-state index >= 15 is 0 Å². The molecule has 0 aliphatic carbocycles. The van der Waals surface area contributed by atoms with Crippen molar-refractivity contribution in [3.05, 3.63) is 35.9 Å². The Morgan fingerprint density at radius 3 is 2.62 bits per heavy atom. The molecule has 0 spiro atoms. The summed E-state index contributed by atoms with van der Waals surface area (Å²) in [6, 6.07) is 8.24. The normalized spacial score (nSPS) is 21.2. The Morgan fingerprint density at radius 1 is 1.33 bits per heavy atom. The van der Waals surface area contributed by atoms with Gasteiger partial charge in [0.05, 0.1) is 19.2 Å². The largest absolute Gasteiger partial charge is 0.468 e. The number of hydrogen-bond donors (Lipinski definition) is 1. The van der Waals surface area contributed by atoms with Crippen molar-refractivity contribution in [1.82, 2.24) is 4.90 Å². The highest BCUT2D eigenvalue weighted by Crippen LogP contribution is 2.17. The molecule has 1 aromatic carbocycles. The molecule has 2 atom stereocenters. The third-order valence-electron chi connectivity index (χ3n) is 3.13. The molecule has 1 aromatic rings. The van der Waals surface area contributed by atoms with Crippen LogP contribution in [0.1, 0.15) is 10.4 Å². The molecule has 1 saturated heterocycles. The zero-order valence-electron chi connectivity index (χ0n) is 11.4. The van der Waals surface area contributed by atoms with Gasteiger partial charge in [-0.2, -0.15) is 0 Å². The molecule has 0 unspecified atom stereocenters. The minimum Gasteiger partial charge on any atom is -0.468 e. The molecule has 112 valence electrons. The predicted molar refractivity (Wildman–Crippen MR) is 70.2 cm³/mol. The van der Waals surface area contributed by atoms with E-state index in [0.717, 1.165) is 4.90 Å². The van der Waals surface area contributed by atoms with Crippen LogP contribution >= 0.6 is 0 Å². The highest BCUT2D eigenvalue weighted by molar-refractivity contribution is 5.91. The lowest BCUT2D eigenvalue weighted by Gasteiger charge is -2.14. The highest BCUT2D eigenvalue weighted by atomic mass is 16.6. The molecule has 7 nitrogen and oxygen atoms in total. The van der Waals surface area contributed by atoms with Crippen LogP contribution in [0, 0.1) is 0 Å². The van der Waals surface area contributed by atoms with Gasteiger partial charge in [-0.25, -0.2) is 4.79 Å². The quantitative estimate of drug-likeness (QED) is 0.758. The van der Waals surface area contributed by atoms with E-state index in [1.54, 1.807) is 30.3 Å². The van der Waals surface area contributed by atoms with Gasteiger partial charge in [0.15, 0.2) is 12.2 Å². The summed E-state index contributed by atoms with van der Waals surface area (Å²) in [4.78, 5) is 35.9. The van der Waals surface area contributed by atoms with Crippen LogP contribution in [0.3, 0.4) is 0 Å². The van der Waals surface area contributed by atoms with Gasteiger partial charge in [0.2, 0.25) is 0 Å². The molecule has 0 aromatic heterocycles. The smallest absolute Gasteiger partial charge is 0.338 e. The molecule has 1 amide bonds. The van der Waals surface area contributed by atoms with Crippen molar-refractivity contribution in [2.45, 2.75) is 12.2 Å². The second-order valence-corrected chi connectivity index (χ2v) is 4.55. The number of esters is 2. The van der Waals surface area contributed by atoms with E-state index in [1.165, 1.54) is 7.11 Å². The van der Waals surface area contributed by atoms with Crippen molar-refractivity contribution in [2.24, 2.45) is 0 Å². The van der Waals surface area contributed by atoms with Crippen LogP contribution in [-0.2, 0) is 19.1 Å². The summed E-state index contributed by atoms with van der Waals surface area (Å²) in [6.45, 7) is -0.334. The number of carbonyl (C=O) groups is 3. The van der Waals surface area contributed by atoms with E-state index in [1.807, 2.05) is 0 Å². The maximum absolute atomic E-state index is 11.9. The zero-order valence-corrected chi connectivity index (χ0v) is 11.4. The first-order chi connectivity index (χ1) is 10.0. The van der Waals surface area contributed by atoms with Gasteiger partial charge in [-0.05, 0) is 12.1 Å². The second kappa shape index (κ2) is 6.36. The number of rotatable bonds is 4. The minimum atomic E-state index is -1.47. The fraction of sp³-hybridized carbons (Fsp3) is 0.357. The first-order valence-electron chi connectivity index (χ1n) is 6.32. The maximum atomic E-state index is 11.9. The van der Waals surface area contributed by atoms with Gasteiger partial charge in [-0.3, -0.25) is 9.59 Å². The molecule has 1 heterocycles. The number of likely N-dealkylation sites (tertiary alicyclic amines) is 1. The number of aliphatic hydroxyl groups is 1. The predicted octanol–water partition coefficient (Wildman–Crippen LogP) is -0.412. The van der Waals surface area contributed by atoms with Gasteiger partial charge in [0.1, 0.15) is 6.54 Å². The van der Waals surface area contributed by atoms with Gasteiger partial charge in [0, 0.05) is 0 Å². The lowest BCUT2D eigenvalue weighted by molar-refractivity contribution is -0.147. The third kappa shape index (κ3) is 3.38. The van der Waals surface area contributed by atoms with E-state index in [2.05, 4.69) is 4.74 Å². The molecule has 0 saturated carbocycles. The Bertz CT molecular complexity index is 544. The van der Waals surface area contributed by atoms with E-state index < -0.39 is 30.1 Å². The van der Waals surface area contributed by atoms with Crippen molar-refractivity contribution < 1.29 is 29.0 Å². The van der Waals surface area contributed by atoms with Crippen molar-refractivity contribution in [2.75, 3.05) is 20.2 Å². The molecule has 2 rings (SSSR count). The Labute approximate surface area is 121 Å². The van der Waals surface area contributed by atoms with Crippen LogP contribution < -0.4 is 0 Å². The van der Waals surface area contributed by atoms with E-state index in [4.69, 9.17) is 4.74 Å². The summed E-state index contributed by atoms with van der Waals surface area (Å²) in [5.41, 5.74) is 0.323. The summed E-state index contributed by atoms with van der Waals surface area (Å²) in [7, 11) is 1.20. The summed E-state index contributed by atoms with van der Waals surface area (Å²) in [6.07, 6.45) is -2.47. The van der Waals surface area contributed by atoms with Crippen molar-refractivity contribution in [3.8, 4) is 0 Å². The number of benzene rings is 1. The molecule has 7 heteroatoms. The average Bonchev–Trinajstić information content (AvgIpc) is 2.76. The summed E-state index contributed by atoms with van der Waals surface area (Å²) in [5.74, 6) is -1.90. The topological polar surface area (TPSA) is 93.1 Å². The number of aliphatic hydroxyl groups excluding tert-OH is 1. The van der Waals surface area contributed by atoms with Crippen molar-refractivity contribution in [3.63, 3.8) is 0 Å². The minimum absolute atomic E-state index is 0.0479. The number of nitrogens with zero attached hydrogens (tertiary/aromatic N) is 1. The van der Waals surface area contributed by atoms with Crippen LogP contribution in [0.2, 0.25) is 0 Å². The Kier molecular flexibility index (Phi) is 4.54. The van der Waals surface area contributed by atoms with Crippen LogP contribution in [0.15, 0.2) is 30.3 Å². The highest BCUT2D eigenvalue weighted by Gasteiger charge is 2.42. The zero-order chi connectivity index (χ0) is 15.4. The molecule has 1 aliphatic heterocycles. The molecular weight excluding hydrogens is 278 g/mol. The SMILES string of the molecule is COC(=O)CN1C[C@H](OC(=O)c2ccccc2)[C@H](O)C1=O. The van der Waals surface area contributed by atoms with E-state index in [9.17, 15) is 19.5 Å². The molecule has 0 radical (unpaired) electrons. The standard InChI is InChI=1S/C14H15NO6/c1-20-11(16)8-15-7-10(12(17)13(15)18)21-14(19)9-5-3-2-4-6-9/h2-6,10,12,17H,7-8H2,1H3/t10-,12-/m0/s1. The molecule has 21 heavy (non-hydrogen) atoms. The molecular formula is C14H15NO6. The van der Waals surface area contributed by atoms with Crippen LogP contribution in [0.25, 0.3) is 0 Å². The molecule has 1 aliphatic rings. The fourth-order valence-electron chi connectivity index (χ4n) is 2.00. The molecule has 0 bridgehead atoms. The lowest BCUT2D eigenvalue weighted by Crippen LogP contribution is -2.34. The Balaban J connectivity index is 2.00. The number of amides is 1. The van der Waals surface area contributed by atoms with Crippen LogP contribution in [0.5, 0.6) is 0 Å². The summed E-state index contributed by atoms with van der Waals surface area (Å²) < 4.78 is 9.58. The van der Waals surface area contributed by atoms with Crippen molar-refractivity contribution >= 4 is 17.8 Å². The Morgan fingerprint density at radius 2 is 2.00 bits per heavy atom. The summed E-state index contributed by atoms with van der Waals surface area (Å²) in [5, 5.41) is 9.79. The van der Waals surface area contributed by atoms with E-state index in [-0.39, 0.29) is 13.1 Å². The number of methoxy groups -OCH3 is 1. The molecule has 1 fully saturated rings. The van der Waals surface area contributed by atoms with E-state index in [0.29, 0.717) is 5.56 Å². The number of ether oxygens (including phenoxy) is 2. The van der Waals surface area contributed by atoms with Crippen molar-refractivity contribution in [1.29, 1.82) is 0 Å². The Hall–Kier alpha value is -2.41. The fourth-order valence-corrected chi connectivity index (χ4v) is 2.00. The van der Waals surface area contributed by atoms with Crippen LogP contribution in [-0.4, -0.2) is 60.3 Å². The van der Waals surface area contributed by atoms with Gasteiger partial charge in [0.25, 0.3) is 5.91 Å². The third-order valence-corrected chi connectivity index (χ3v) is 3.13. The van der Waals surface area contributed by atoms with Gasteiger partial charge in [-0.15, -0.1) is 0 Å². The van der Waals surface area contributed by atoms with Gasteiger partial charge >= 0.3 is 11.9 Å². The monoisotopic (exact) mass is 293 g/mol. The number of hydrogen-bond acceptors (Lipinski definition) is 6.